The summed E-state index contributed by atoms with van der Waals surface area (Å²) >= 11 is 0. The molecule has 0 bridgehead atoms. The first-order valence-electron chi connectivity index (χ1n) is 10.4. The normalized spacial score (nSPS) is 15.6. The Labute approximate surface area is 199 Å². The third-order valence-corrected chi connectivity index (χ3v) is 5.49. The largest absolute Gasteiger partial charge is 0.503 e. The zero-order valence-electron chi connectivity index (χ0n) is 18.1. The molecule has 0 aromatic heterocycles. The van der Waals surface area contributed by atoms with Gasteiger partial charge in [-0.2, -0.15) is 0 Å². The van der Waals surface area contributed by atoms with Crippen molar-refractivity contribution >= 4 is 35.1 Å². The average molecular weight is 470 g/mol. The number of nitro benzene ring substituents is 1. The van der Waals surface area contributed by atoms with E-state index in [1.165, 1.54) is 60.7 Å². The second-order valence-electron chi connectivity index (χ2n) is 7.65. The number of aromatic carboxylic acids is 1. The van der Waals surface area contributed by atoms with Gasteiger partial charge < -0.3 is 10.2 Å². The molecular formula is C26H18N2O7. The fourth-order valence-electron chi connectivity index (χ4n) is 3.83. The lowest BCUT2D eigenvalue weighted by Gasteiger charge is -2.27. The van der Waals surface area contributed by atoms with Gasteiger partial charge in [-0.1, -0.05) is 42.5 Å². The quantitative estimate of drug-likeness (QED) is 0.295. The van der Waals surface area contributed by atoms with Crippen LogP contribution in [0.5, 0.6) is 0 Å². The first kappa shape index (κ1) is 23.1. The van der Waals surface area contributed by atoms with E-state index in [1.54, 1.807) is 24.3 Å². The number of carbonyl (C=O) groups excluding carboxylic acids is 2. The zero-order valence-corrected chi connectivity index (χ0v) is 18.1. The van der Waals surface area contributed by atoms with Crippen LogP contribution in [0.3, 0.4) is 0 Å². The summed E-state index contributed by atoms with van der Waals surface area (Å²) in [6.45, 7) is 0. The molecule has 1 aliphatic rings. The number of ketones is 1. The maximum Gasteiger partial charge on any atom is 0.335 e. The summed E-state index contributed by atoms with van der Waals surface area (Å²) in [5.74, 6) is -3.53. The number of carbonyl (C=O) groups is 3. The van der Waals surface area contributed by atoms with E-state index < -0.39 is 34.4 Å². The Morgan fingerprint density at radius 2 is 1.66 bits per heavy atom. The Kier molecular flexibility index (Phi) is 6.23. The van der Waals surface area contributed by atoms with Gasteiger partial charge in [0.05, 0.1) is 22.1 Å². The van der Waals surface area contributed by atoms with Gasteiger partial charge in [0.15, 0.2) is 11.5 Å². The molecule has 35 heavy (non-hydrogen) atoms. The fourth-order valence-corrected chi connectivity index (χ4v) is 3.83. The van der Waals surface area contributed by atoms with Crippen molar-refractivity contribution in [2.45, 2.75) is 6.04 Å². The van der Waals surface area contributed by atoms with Crippen LogP contribution in [0.15, 0.2) is 96.3 Å². The summed E-state index contributed by atoms with van der Waals surface area (Å²) in [7, 11) is 0. The van der Waals surface area contributed by atoms with Gasteiger partial charge in [0, 0.05) is 17.8 Å². The highest BCUT2D eigenvalue weighted by atomic mass is 16.6. The molecule has 1 atom stereocenters. The molecule has 3 aromatic rings. The van der Waals surface area contributed by atoms with Crippen LogP contribution in [0.1, 0.15) is 27.5 Å². The molecule has 0 fully saturated rings. The number of nitro groups is 1. The number of allylic oxidation sites excluding steroid dienone is 1. The monoisotopic (exact) mass is 470 g/mol. The van der Waals surface area contributed by atoms with Gasteiger partial charge in [-0.3, -0.25) is 24.6 Å². The van der Waals surface area contributed by atoms with Gasteiger partial charge in [0.25, 0.3) is 11.6 Å². The Morgan fingerprint density at radius 3 is 2.29 bits per heavy atom. The number of amides is 1. The van der Waals surface area contributed by atoms with Crippen molar-refractivity contribution in [3.05, 3.63) is 123 Å². The van der Waals surface area contributed by atoms with E-state index in [0.29, 0.717) is 5.56 Å². The van der Waals surface area contributed by atoms with Crippen molar-refractivity contribution < 1.29 is 29.5 Å². The van der Waals surface area contributed by atoms with Crippen molar-refractivity contribution in [1.82, 2.24) is 0 Å². The van der Waals surface area contributed by atoms with E-state index in [-0.39, 0.29) is 22.5 Å². The summed E-state index contributed by atoms with van der Waals surface area (Å²) in [6.07, 6.45) is 2.76. The number of carboxylic acids is 1. The number of aliphatic hydroxyl groups is 1. The molecule has 0 radical (unpaired) electrons. The summed E-state index contributed by atoms with van der Waals surface area (Å²) in [4.78, 5) is 49.4. The van der Waals surface area contributed by atoms with Crippen molar-refractivity contribution in [3.8, 4) is 0 Å². The Morgan fingerprint density at radius 1 is 0.971 bits per heavy atom. The summed E-state index contributed by atoms with van der Waals surface area (Å²) in [5.41, 5.74) is 0.674. The molecule has 0 aliphatic carbocycles. The Hall–Kier alpha value is -5.05. The van der Waals surface area contributed by atoms with Crippen LogP contribution in [0.2, 0.25) is 0 Å². The van der Waals surface area contributed by atoms with Gasteiger partial charge in [0.1, 0.15) is 0 Å². The van der Waals surface area contributed by atoms with Crippen LogP contribution in [-0.2, 0) is 9.59 Å². The molecule has 0 unspecified atom stereocenters. The minimum atomic E-state index is -1.22. The number of hydrogen-bond donors (Lipinski definition) is 2. The van der Waals surface area contributed by atoms with Crippen LogP contribution in [0.4, 0.5) is 11.4 Å². The van der Waals surface area contributed by atoms with Crippen LogP contribution >= 0.6 is 0 Å². The lowest BCUT2D eigenvalue weighted by Crippen LogP contribution is -2.31. The smallest absolute Gasteiger partial charge is 0.335 e. The molecule has 2 N–H and O–H groups in total. The van der Waals surface area contributed by atoms with Gasteiger partial charge in [0.2, 0.25) is 0 Å². The molecule has 9 heteroatoms. The molecule has 0 saturated carbocycles. The molecule has 3 aromatic carbocycles. The summed E-state index contributed by atoms with van der Waals surface area (Å²) in [6, 6.07) is 18.5. The van der Waals surface area contributed by atoms with E-state index in [1.807, 2.05) is 6.07 Å². The number of carboxylic acid groups (broad SMARTS) is 1. The molecule has 4 rings (SSSR count). The highest BCUT2D eigenvalue weighted by Crippen LogP contribution is 2.41. The minimum Gasteiger partial charge on any atom is -0.503 e. The van der Waals surface area contributed by atoms with Crippen molar-refractivity contribution in [1.29, 1.82) is 0 Å². The molecule has 9 nitrogen and oxygen atoms in total. The van der Waals surface area contributed by atoms with Crippen LogP contribution in [0.25, 0.3) is 6.08 Å². The molecule has 1 aliphatic heterocycles. The topological polar surface area (TPSA) is 138 Å². The average Bonchev–Trinajstić information content (AvgIpc) is 3.13. The van der Waals surface area contributed by atoms with Crippen molar-refractivity contribution in [3.63, 3.8) is 0 Å². The van der Waals surface area contributed by atoms with Crippen LogP contribution in [-0.4, -0.2) is 32.8 Å². The van der Waals surface area contributed by atoms with E-state index in [0.717, 1.165) is 10.5 Å². The summed E-state index contributed by atoms with van der Waals surface area (Å²) < 4.78 is 0. The number of anilines is 1. The maximum atomic E-state index is 13.2. The van der Waals surface area contributed by atoms with E-state index in [2.05, 4.69) is 0 Å². The first-order chi connectivity index (χ1) is 16.8. The van der Waals surface area contributed by atoms with Crippen molar-refractivity contribution in [2.24, 2.45) is 0 Å². The highest BCUT2D eigenvalue weighted by Gasteiger charge is 2.44. The number of aliphatic hydroxyl groups excluding tert-OH is 1. The SMILES string of the molecule is O=C(/C=C/c1ccccc1)C1=C(O)C(=O)N(c2cccc(C(=O)O)c2)[C@H]1c1ccc([N+](=O)[O-])cc1. The maximum absolute atomic E-state index is 13.2. The molecule has 1 amide bonds. The minimum absolute atomic E-state index is 0.0963. The van der Waals surface area contributed by atoms with Crippen molar-refractivity contribution in [2.75, 3.05) is 4.90 Å². The fraction of sp³-hybridized carbons (Fsp3) is 0.0385. The second kappa shape index (κ2) is 9.44. The standard InChI is InChI=1S/C26H18N2O7/c29-21(14-9-16-5-2-1-3-6-16)22-23(17-10-12-19(13-11-17)28(34)35)27(25(31)24(22)30)20-8-4-7-18(15-20)26(32)33/h1-15,23,30H,(H,32,33)/b14-9+/t23-/m0/s1. The predicted molar refractivity (Wildman–Crippen MR) is 127 cm³/mol. The lowest BCUT2D eigenvalue weighted by atomic mass is 9.95. The third kappa shape index (κ3) is 4.55. The van der Waals surface area contributed by atoms with Crippen LogP contribution in [0, 0.1) is 10.1 Å². The highest BCUT2D eigenvalue weighted by molar-refractivity contribution is 6.20. The van der Waals surface area contributed by atoms with Crippen LogP contribution < -0.4 is 4.90 Å². The van der Waals surface area contributed by atoms with E-state index in [9.17, 15) is 34.7 Å². The van der Waals surface area contributed by atoms with Gasteiger partial charge in [-0.15, -0.1) is 0 Å². The molecular weight excluding hydrogens is 452 g/mol. The zero-order chi connectivity index (χ0) is 25.1. The predicted octanol–water partition coefficient (Wildman–Crippen LogP) is 4.48. The number of benzene rings is 3. The first-order valence-corrected chi connectivity index (χ1v) is 10.4. The van der Waals surface area contributed by atoms with Gasteiger partial charge in [-0.25, -0.2) is 4.79 Å². The molecule has 174 valence electrons. The van der Waals surface area contributed by atoms with E-state index >= 15 is 0 Å². The second-order valence-corrected chi connectivity index (χ2v) is 7.65. The van der Waals surface area contributed by atoms with Gasteiger partial charge >= 0.3 is 5.97 Å². The number of nitrogens with zero attached hydrogens (tertiary/aromatic N) is 2. The number of non-ortho nitro benzene ring substituents is 1. The Balaban J connectivity index is 1.82. The summed E-state index contributed by atoms with van der Waals surface area (Å²) in [5, 5.41) is 31.2. The van der Waals surface area contributed by atoms with E-state index in [4.69, 9.17) is 0 Å². The molecule has 0 saturated heterocycles. The lowest BCUT2D eigenvalue weighted by molar-refractivity contribution is -0.384. The number of rotatable bonds is 7. The van der Waals surface area contributed by atoms with Gasteiger partial charge in [-0.05, 0) is 47.5 Å². The number of hydrogen-bond acceptors (Lipinski definition) is 6. The third-order valence-electron chi connectivity index (χ3n) is 5.49. The molecule has 1 heterocycles. The Bertz CT molecular complexity index is 1390. The molecule has 0 spiro atoms.